The lowest BCUT2D eigenvalue weighted by Gasteiger charge is -2.37. The summed E-state index contributed by atoms with van der Waals surface area (Å²) in [6, 6.07) is 10.6. The summed E-state index contributed by atoms with van der Waals surface area (Å²) in [5.74, 6) is 0.467. The van der Waals surface area contributed by atoms with Crippen LogP contribution in [-0.2, 0) is 14.6 Å². The largest absolute Gasteiger partial charge is 0.469 e. The van der Waals surface area contributed by atoms with Crippen molar-refractivity contribution in [1.29, 1.82) is 0 Å². The lowest BCUT2D eigenvalue weighted by molar-refractivity contribution is 0.00578. The van der Waals surface area contributed by atoms with Gasteiger partial charge in [-0.25, -0.2) is 0 Å². The van der Waals surface area contributed by atoms with Gasteiger partial charge in [-0.3, -0.25) is 0 Å². The predicted molar refractivity (Wildman–Crippen MR) is 89.3 cm³/mol. The molecule has 0 saturated carbocycles. The first-order chi connectivity index (χ1) is 9.65. The molecule has 0 bridgehead atoms. The Hall–Kier alpha value is -0.795. The highest BCUT2D eigenvalue weighted by Crippen LogP contribution is 2.46. The number of hydrogen-bond donors (Lipinski definition) is 0. The Kier molecular flexibility index (Phi) is 4.29. The van der Waals surface area contributed by atoms with E-state index >= 15 is 0 Å². The van der Waals surface area contributed by atoms with Crippen LogP contribution in [0, 0.1) is 5.92 Å². The Labute approximate surface area is 130 Å². The molecule has 0 spiro atoms. The lowest BCUT2D eigenvalue weighted by Crippen LogP contribution is -2.48. The Morgan fingerprint density at radius 1 is 1.05 bits per heavy atom. The second kappa shape index (κ2) is 5.44. The molecule has 1 aliphatic rings. The van der Waals surface area contributed by atoms with Crippen molar-refractivity contribution < 1.29 is 9.31 Å². The van der Waals surface area contributed by atoms with E-state index in [2.05, 4.69) is 78.8 Å². The van der Waals surface area contributed by atoms with Crippen LogP contribution in [-0.4, -0.2) is 18.3 Å². The van der Waals surface area contributed by atoms with Gasteiger partial charge in [0.1, 0.15) is 0 Å². The Bertz CT molecular complexity index is 467. The maximum Gasteiger partial charge on any atom is 0.469 e. The molecule has 2 nitrogen and oxygen atoms in total. The van der Waals surface area contributed by atoms with Crippen molar-refractivity contribution in [2.24, 2.45) is 5.92 Å². The zero-order chi connectivity index (χ0) is 15.9. The monoisotopic (exact) mass is 288 g/mol. The summed E-state index contributed by atoms with van der Waals surface area (Å²) in [5.41, 5.74) is 0.709. The summed E-state index contributed by atoms with van der Waals surface area (Å²) in [6.07, 6.45) is 1.09. The molecule has 2 atom stereocenters. The molecule has 0 aliphatic carbocycles. The molecule has 1 heterocycles. The Morgan fingerprint density at radius 3 is 1.95 bits per heavy atom. The quantitative estimate of drug-likeness (QED) is 0.752. The average molecular weight is 288 g/mol. The predicted octanol–water partition coefficient (Wildman–Crippen LogP) is 4.62. The lowest BCUT2D eigenvalue weighted by atomic mass is 9.49. The fraction of sp³-hybridized carbons (Fsp3) is 0.667. The number of rotatable bonds is 4. The van der Waals surface area contributed by atoms with Gasteiger partial charge >= 0.3 is 7.12 Å². The van der Waals surface area contributed by atoms with E-state index in [0.29, 0.717) is 5.92 Å². The van der Waals surface area contributed by atoms with Crippen LogP contribution in [0.2, 0.25) is 0 Å². The fourth-order valence-corrected chi connectivity index (χ4v) is 2.96. The maximum atomic E-state index is 6.38. The third-order valence-corrected chi connectivity index (χ3v) is 5.77. The topological polar surface area (TPSA) is 18.5 Å². The average Bonchev–Trinajstić information content (AvgIpc) is 2.67. The summed E-state index contributed by atoms with van der Waals surface area (Å²) in [4.78, 5) is 0. The second-order valence-corrected chi connectivity index (χ2v) is 7.55. The van der Waals surface area contributed by atoms with Crippen LogP contribution in [0.4, 0.5) is 0 Å². The van der Waals surface area contributed by atoms with E-state index in [-0.39, 0.29) is 23.6 Å². The van der Waals surface area contributed by atoms with Gasteiger partial charge in [-0.2, -0.15) is 0 Å². The minimum Gasteiger partial charge on any atom is -0.403 e. The SMILES string of the molecule is CCC(C)[C@](C)(B1OC(C)(C)C(C)(C)O1)c1ccccc1. The van der Waals surface area contributed by atoms with Crippen LogP contribution in [0.15, 0.2) is 30.3 Å². The molecule has 1 aliphatic heterocycles. The molecular formula is C18H29BO2. The molecule has 1 aromatic carbocycles. The Balaban J connectivity index is 2.44. The van der Waals surface area contributed by atoms with Gasteiger partial charge in [-0.15, -0.1) is 0 Å². The van der Waals surface area contributed by atoms with E-state index in [4.69, 9.17) is 9.31 Å². The first-order valence-electron chi connectivity index (χ1n) is 8.06. The van der Waals surface area contributed by atoms with Crippen LogP contribution in [0.1, 0.15) is 60.5 Å². The third kappa shape index (κ3) is 2.66. The molecule has 0 N–H and O–H groups in total. The fourth-order valence-electron chi connectivity index (χ4n) is 2.96. The standard InChI is InChI=1S/C18H29BO2/c1-8-14(2)18(7,15-12-10-9-11-13-15)19-20-16(3,4)17(5,6)21-19/h9-14H,8H2,1-7H3/t14?,18-/m0/s1. The van der Waals surface area contributed by atoms with Crippen molar-refractivity contribution >= 4 is 7.12 Å². The minimum atomic E-state index is -0.291. The van der Waals surface area contributed by atoms with Crippen molar-refractivity contribution in [1.82, 2.24) is 0 Å². The van der Waals surface area contributed by atoms with E-state index in [1.54, 1.807) is 0 Å². The molecule has 1 aromatic rings. The smallest absolute Gasteiger partial charge is 0.403 e. The maximum absolute atomic E-state index is 6.38. The summed E-state index contributed by atoms with van der Waals surface area (Å²) in [5, 5.41) is -0.152. The van der Waals surface area contributed by atoms with Gasteiger partial charge in [0.2, 0.25) is 0 Å². The molecule has 1 unspecified atom stereocenters. The second-order valence-electron chi connectivity index (χ2n) is 7.55. The normalized spacial score (nSPS) is 24.6. The van der Waals surface area contributed by atoms with Crippen molar-refractivity contribution in [2.75, 3.05) is 0 Å². The Morgan fingerprint density at radius 2 is 1.52 bits per heavy atom. The van der Waals surface area contributed by atoms with E-state index in [9.17, 15) is 0 Å². The van der Waals surface area contributed by atoms with E-state index < -0.39 is 0 Å². The summed E-state index contributed by atoms with van der Waals surface area (Å²) in [7, 11) is -0.222. The molecule has 21 heavy (non-hydrogen) atoms. The van der Waals surface area contributed by atoms with Crippen LogP contribution in [0.25, 0.3) is 0 Å². The highest BCUT2D eigenvalue weighted by Gasteiger charge is 2.59. The van der Waals surface area contributed by atoms with Crippen molar-refractivity contribution in [3.8, 4) is 0 Å². The van der Waals surface area contributed by atoms with Gasteiger partial charge in [0.25, 0.3) is 0 Å². The number of benzene rings is 1. The molecule has 0 aromatic heterocycles. The van der Waals surface area contributed by atoms with Crippen LogP contribution >= 0.6 is 0 Å². The molecule has 0 amide bonds. The molecule has 1 saturated heterocycles. The van der Waals surface area contributed by atoms with E-state index in [1.165, 1.54) is 5.56 Å². The molecular weight excluding hydrogens is 259 g/mol. The molecule has 0 radical (unpaired) electrons. The van der Waals surface area contributed by atoms with Gasteiger partial charge in [-0.1, -0.05) is 57.5 Å². The van der Waals surface area contributed by atoms with Crippen molar-refractivity contribution in [3.63, 3.8) is 0 Å². The van der Waals surface area contributed by atoms with Crippen LogP contribution < -0.4 is 0 Å². The summed E-state index contributed by atoms with van der Waals surface area (Å²) >= 11 is 0. The highest BCUT2D eigenvalue weighted by atomic mass is 16.7. The number of hydrogen-bond acceptors (Lipinski definition) is 2. The van der Waals surface area contributed by atoms with Gasteiger partial charge in [-0.05, 0) is 39.2 Å². The minimum absolute atomic E-state index is 0.152. The highest BCUT2D eigenvalue weighted by molar-refractivity contribution is 6.49. The molecule has 116 valence electrons. The van der Waals surface area contributed by atoms with E-state index in [0.717, 1.165) is 6.42 Å². The van der Waals surface area contributed by atoms with Crippen molar-refractivity contribution in [2.45, 2.75) is 71.4 Å². The summed E-state index contributed by atoms with van der Waals surface area (Å²) in [6.45, 7) is 15.3. The van der Waals surface area contributed by atoms with E-state index in [1.807, 2.05) is 0 Å². The van der Waals surface area contributed by atoms with Gasteiger partial charge in [0, 0.05) is 5.31 Å². The van der Waals surface area contributed by atoms with Gasteiger partial charge in [0.15, 0.2) is 0 Å². The molecule has 1 fully saturated rings. The van der Waals surface area contributed by atoms with Crippen LogP contribution in [0.5, 0.6) is 0 Å². The molecule has 3 heteroatoms. The first-order valence-corrected chi connectivity index (χ1v) is 8.06. The zero-order valence-electron chi connectivity index (χ0n) is 14.6. The molecule has 2 rings (SSSR count). The van der Waals surface area contributed by atoms with Crippen molar-refractivity contribution in [3.05, 3.63) is 35.9 Å². The first kappa shape index (κ1) is 16.6. The zero-order valence-corrected chi connectivity index (χ0v) is 14.6. The van der Waals surface area contributed by atoms with Crippen LogP contribution in [0.3, 0.4) is 0 Å². The third-order valence-electron chi connectivity index (χ3n) is 5.77. The summed E-state index contributed by atoms with van der Waals surface area (Å²) < 4.78 is 12.8. The van der Waals surface area contributed by atoms with Gasteiger partial charge in [0.05, 0.1) is 11.2 Å². The van der Waals surface area contributed by atoms with Gasteiger partial charge < -0.3 is 9.31 Å².